The van der Waals surface area contributed by atoms with Crippen LogP contribution in [0.5, 0.6) is 0 Å². The molecule has 1 aliphatic heterocycles. The molecule has 0 saturated heterocycles. The van der Waals surface area contributed by atoms with Crippen molar-refractivity contribution in [2.75, 3.05) is 9.80 Å². The number of aromatic nitrogens is 1. The third-order valence-corrected chi connectivity index (χ3v) is 14.8. The van der Waals surface area contributed by atoms with Gasteiger partial charge in [0, 0.05) is 44.9 Å². The highest BCUT2D eigenvalue weighted by Crippen LogP contribution is 2.60. The van der Waals surface area contributed by atoms with E-state index in [9.17, 15) is 0 Å². The molecular formula is C68H49N3. The van der Waals surface area contributed by atoms with Crippen LogP contribution in [0, 0.1) is 0 Å². The van der Waals surface area contributed by atoms with Crippen molar-refractivity contribution in [2.24, 2.45) is 0 Å². The molecule has 1 aromatic heterocycles. The smallest absolute Gasteiger partial charge is 0.0714 e. The van der Waals surface area contributed by atoms with Crippen LogP contribution in [0.4, 0.5) is 28.4 Å². The standard InChI is InChI=1S/C68H49N3/c1-47(33-46-58-48(2)68(62-28-14-12-25-59(58)62)63-29-15-17-32-66(63)71-65-31-16-13-26-60(65)61-27-18-30-64(68)67(61)71)69(55-40-34-50(35-41-55)49-19-6-3-7-20-49)56-42-36-51(37-43-56)52-38-44-57(45-39-52)70(53-21-8-4-9-22-53)54-23-10-5-11-24-54/h3-46H,1H2,2H3/b46-33-. The Morgan fingerprint density at radius 1 is 0.423 bits per heavy atom. The highest BCUT2D eigenvalue weighted by atomic mass is 15.1. The maximum absolute atomic E-state index is 4.82. The molecule has 13 rings (SSSR count). The van der Waals surface area contributed by atoms with Gasteiger partial charge in [0.25, 0.3) is 0 Å². The summed E-state index contributed by atoms with van der Waals surface area (Å²) in [6, 6.07) is 92.1. The number of hydrogen-bond donors (Lipinski definition) is 0. The van der Waals surface area contributed by atoms with Gasteiger partial charge in [-0.2, -0.15) is 0 Å². The van der Waals surface area contributed by atoms with Crippen molar-refractivity contribution in [3.05, 3.63) is 307 Å². The van der Waals surface area contributed by atoms with Crippen LogP contribution in [0.25, 0.3) is 55.3 Å². The summed E-state index contributed by atoms with van der Waals surface area (Å²) in [4.78, 5) is 4.57. The SMILES string of the molecule is C=C(/C=C\C1=C(C)C2(c3ccccc31)c1ccccc1-n1c3ccccc3c3cccc2c31)N(c1ccc(-c2ccccc2)cc1)c1ccc(-c2ccc(N(c3ccccc3)c3ccccc3)cc2)cc1. The van der Waals surface area contributed by atoms with Crippen LogP contribution in [0.3, 0.4) is 0 Å². The minimum atomic E-state index is -0.486. The van der Waals surface area contributed by atoms with Crippen LogP contribution in [0.1, 0.15) is 29.2 Å². The van der Waals surface area contributed by atoms with Crippen LogP contribution in [0.2, 0.25) is 0 Å². The van der Waals surface area contributed by atoms with Gasteiger partial charge in [0.15, 0.2) is 0 Å². The second kappa shape index (κ2) is 17.1. The second-order valence-corrected chi connectivity index (χ2v) is 18.6. The van der Waals surface area contributed by atoms with Crippen LogP contribution in [0.15, 0.2) is 285 Å². The Bertz CT molecular complexity index is 3820. The quantitative estimate of drug-likeness (QED) is 0.127. The van der Waals surface area contributed by atoms with Crippen LogP contribution < -0.4 is 9.80 Å². The van der Waals surface area contributed by atoms with Crippen molar-refractivity contribution in [1.82, 2.24) is 4.57 Å². The van der Waals surface area contributed by atoms with Crippen LogP contribution in [-0.2, 0) is 5.41 Å². The van der Waals surface area contributed by atoms with Gasteiger partial charge in [0.1, 0.15) is 0 Å². The monoisotopic (exact) mass is 907 g/mol. The number of allylic oxidation sites excluding steroid dienone is 4. The lowest BCUT2D eigenvalue weighted by molar-refractivity contribution is 0.726. The number of nitrogens with zero attached hydrogens (tertiary/aromatic N) is 3. The molecule has 1 unspecified atom stereocenters. The first-order chi connectivity index (χ1) is 35.1. The second-order valence-electron chi connectivity index (χ2n) is 18.6. The molecule has 11 aromatic rings. The Morgan fingerprint density at radius 3 is 1.52 bits per heavy atom. The van der Waals surface area contributed by atoms with E-state index < -0.39 is 5.41 Å². The maximum atomic E-state index is 4.82. The first-order valence-electron chi connectivity index (χ1n) is 24.4. The molecule has 3 nitrogen and oxygen atoms in total. The van der Waals surface area contributed by atoms with Gasteiger partial charge in [-0.1, -0.05) is 195 Å². The van der Waals surface area contributed by atoms with Crippen molar-refractivity contribution < 1.29 is 0 Å². The Balaban J connectivity index is 0.891. The molecule has 0 fully saturated rings. The Hall–Kier alpha value is -9.18. The number of hydrogen-bond acceptors (Lipinski definition) is 2. The van der Waals surface area contributed by atoms with Crippen molar-refractivity contribution >= 4 is 55.8 Å². The average molecular weight is 908 g/mol. The molecule has 2 heterocycles. The zero-order valence-corrected chi connectivity index (χ0v) is 39.5. The third kappa shape index (κ3) is 6.73. The molecule has 2 aliphatic rings. The van der Waals surface area contributed by atoms with E-state index in [1.165, 1.54) is 72.0 Å². The molecule has 71 heavy (non-hydrogen) atoms. The van der Waals surface area contributed by atoms with Crippen LogP contribution in [-0.4, -0.2) is 4.57 Å². The first-order valence-corrected chi connectivity index (χ1v) is 24.4. The molecule has 0 radical (unpaired) electrons. The van der Waals surface area contributed by atoms with E-state index in [0.717, 1.165) is 45.3 Å². The summed E-state index contributed by atoms with van der Waals surface area (Å²) in [6.45, 7) is 7.17. The van der Waals surface area contributed by atoms with Gasteiger partial charge in [-0.25, -0.2) is 0 Å². The van der Waals surface area contributed by atoms with Crippen molar-refractivity contribution in [2.45, 2.75) is 12.3 Å². The lowest BCUT2D eigenvalue weighted by atomic mass is 9.65. The Morgan fingerprint density at radius 2 is 0.887 bits per heavy atom. The highest BCUT2D eigenvalue weighted by molar-refractivity contribution is 6.13. The minimum Gasteiger partial charge on any atom is -0.311 e. The van der Waals surface area contributed by atoms with E-state index in [1.807, 2.05) is 0 Å². The lowest BCUT2D eigenvalue weighted by Gasteiger charge is -2.40. The third-order valence-electron chi connectivity index (χ3n) is 14.8. The summed E-state index contributed by atoms with van der Waals surface area (Å²) < 4.78 is 2.50. The molecule has 0 bridgehead atoms. The zero-order chi connectivity index (χ0) is 47.5. The van der Waals surface area contributed by atoms with E-state index in [-0.39, 0.29) is 0 Å². The summed E-state index contributed by atoms with van der Waals surface area (Å²) in [5.41, 5.74) is 21.9. The van der Waals surface area contributed by atoms with E-state index in [0.29, 0.717) is 0 Å². The molecule has 1 spiro atoms. The van der Waals surface area contributed by atoms with E-state index in [1.54, 1.807) is 0 Å². The van der Waals surface area contributed by atoms with Crippen molar-refractivity contribution in [3.63, 3.8) is 0 Å². The molecule has 0 amide bonds. The Kier molecular flexibility index (Phi) is 10.1. The summed E-state index contributed by atoms with van der Waals surface area (Å²) >= 11 is 0. The minimum absolute atomic E-state index is 0.486. The zero-order valence-electron chi connectivity index (χ0n) is 39.5. The molecule has 1 atom stereocenters. The molecule has 0 saturated carbocycles. The largest absolute Gasteiger partial charge is 0.311 e. The van der Waals surface area contributed by atoms with Gasteiger partial charge in [-0.15, -0.1) is 0 Å². The van der Waals surface area contributed by atoms with Gasteiger partial charge >= 0.3 is 0 Å². The molecule has 10 aromatic carbocycles. The predicted molar refractivity (Wildman–Crippen MR) is 299 cm³/mol. The molecule has 3 heteroatoms. The summed E-state index contributed by atoms with van der Waals surface area (Å²) in [5, 5.41) is 2.56. The summed E-state index contributed by atoms with van der Waals surface area (Å²) in [7, 11) is 0. The summed E-state index contributed by atoms with van der Waals surface area (Å²) in [5.74, 6) is 0. The van der Waals surface area contributed by atoms with Crippen molar-refractivity contribution in [3.8, 4) is 27.9 Å². The number of anilines is 5. The topological polar surface area (TPSA) is 11.4 Å². The van der Waals surface area contributed by atoms with Gasteiger partial charge in [-0.05, 0) is 141 Å². The predicted octanol–water partition coefficient (Wildman–Crippen LogP) is 17.9. The van der Waals surface area contributed by atoms with Gasteiger partial charge in [0.05, 0.1) is 22.1 Å². The number of para-hydroxylation sites is 5. The van der Waals surface area contributed by atoms with Crippen LogP contribution >= 0.6 is 0 Å². The van der Waals surface area contributed by atoms with Gasteiger partial charge in [0.2, 0.25) is 0 Å². The molecule has 1 aliphatic carbocycles. The molecular weight excluding hydrogens is 859 g/mol. The fraction of sp³-hybridized carbons (Fsp3) is 0.0294. The lowest BCUT2D eigenvalue weighted by Crippen LogP contribution is -2.33. The fourth-order valence-corrected chi connectivity index (χ4v) is 11.6. The van der Waals surface area contributed by atoms with E-state index in [2.05, 4.69) is 288 Å². The average Bonchev–Trinajstić information content (AvgIpc) is 3.91. The number of fused-ring (bicyclic) bond motifs is 9. The van der Waals surface area contributed by atoms with Crippen molar-refractivity contribution in [1.29, 1.82) is 0 Å². The fourth-order valence-electron chi connectivity index (χ4n) is 11.6. The highest BCUT2D eigenvalue weighted by Gasteiger charge is 2.50. The van der Waals surface area contributed by atoms with Gasteiger partial charge in [-0.3, -0.25) is 0 Å². The van der Waals surface area contributed by atoms with E-state index >= 15 is 0 Å². The first kappa shape index (κ1) is 42.0. The normalized spacial score (nSPS) is 14.5. The maximum Gasteiger partial charge on any atom is 0.0714 e. The Labute approximate surface area is 415 Å². The summed E-state index contributed by atoms with van der Waals surface area (Å²) in [6.07, 6.45) is 4.53. The molecule has 0 N–H and O–H groups in total. The number of benzene rings is 10. The van der Waals surface area contributed by atoms with E-state index in [4.69, 9.17) is 6.58 Å². The van der Waals surface area contributed by atoms with Gasteiger partial charge < -0.3 is 14.4 Å². The molecule has 336 valence electrons. The number of rotatable bonds is 10.